The van der Waals surface area contributed by atoms with Crippen molar-refractivity contribution in [3.63, 3.8) is 0 Å². The topological polar surface area (TPSA) is 97.2 Å². The Morgan fingerprint density at radius 1 is 1.20 bits per heavy atom. The highest BCUT2D eigenvalue weighted by Gasteiger charge is 2.28. The first kappa shape index (κ1) is 16.8. The number of aromatic nitrogens is 3. The molecule has 25 heavy (non-hydrogen) atoms. The number of hydrogen-bond donors (Lipinski definition) is 1. The third-order valence-corrected chi connectivity index (χ3v) is 4.02. The van der Waals surface area contributed by atoms with E-state index < -0.39 is 0 Å². The number of nitrogens with one attached hydrogen (secondary N) is 1. The van der Waals surface area contributed by atoms with Crippen LogP contribution >= 0.6 is 0 Å². The molecule has 3 amide bonds. The summed E-state index contributed by atoms with van der Waals surface area (Å²) in [4.78, 5) is 40.7. The predicted molar refractivity (Wildman–Crippen MR) is 88.2 cm³/mol. The summed E-state index contributed by atoms with van der Waals surface area (Å²) >= 11 is 0. The molecule has 1 aliphatic heterocycles. The number of imide groups is 1. The SMILES string of the molecule is CC(Cn1cncn1)NC(=O)c1ccc(CN2C(=O)CCC2=O)cc1. The van der Waals surface area contributed by atoms with Crippen LogP contribution < -0.4 is 5.32 Å². The van der Waals surface area contributed by atoms with Crippen molar-refractivity contribution in [3.8, 4) is 0 Å². The molecule has 0 saturated carbocycles. The molecular weight excluding hydrogens is 322 g/mol. The van der Waals surface area contributed by atoms with E-state index in [-0.39, 0.29) is 43.1 Å². The predicted octanol–water partition coefficient (Wildman–Crippen LogP) is 0.746. The van der Waals surface area contributed by atoms with Crippen molar-refractivity contribution >= 4 is 17.7 Å². The fourth-order valence-electron chi connectivity index (χ4n) is 2.70. The summed E-state index contributed by atoms with van der Waals surface area (Å²) in [5.41, 5.74) is 1.34. The molecule has 1 aliphatic rings. The van der Waals surface area contributed by atoms with Gasteiger partial charge in [0.25, 0.3) is 5.91 Å². The van der Waals surface area contributed by atoms with Crippen molar-refractivity contribution in [1.82, 2.24) is 25.0 Å². The third kappa shape index (κ3) is 4.09. The number of amides is 3. The molecule has 8 nitrogen and oxygen atoms in total. The molecular formula is C17H19N5O3. The van der Waals surface area contributed by atoms with Crippen LogP contribution in [0.1, 0.15) is 35.7 Å². The number of likely N-dealkylation sites (tertiary alicyclic amines) is 1. The summed E-state index contributed by atoms with van der Waals surface area (Å²) in [6.45, 7) is 2.67. The molecule has 1 aromatic carbocycles. The van der Waals surface area contributed by atoms with Gasteiger partial charge in [0.15, 0.2) is 0 Å². The van der Waals surface area contributed by atoms with Gasteiger partial charge < -0.3 is 5.32 Å². The first-order chi connectivity index (χ1) is 12.0. The van der Waals surface area contributed by atoms with E-state index in [0.29, 0.717) is 12.1 Å². The molecule has 2 heterocycles. The monoisotopic (exact) mass is 341 g/mol. The number of carbonyl (C=O) groups is 3. The van der Waals surface area contributed by atoms with Crippen molar-refractivity contribution in [2.75, 3.05) is 0 Å². The molecule has 1 saturated heterocycles. The molecule has 1 unspecified atom stereocenters. The molecule has 1 atom stereocenters. The van der Waals surface area contributed by atoms with Crippen LogP contribution in [0.25, 0.3) is 0 Å². The van der Waals surface area contributed by atoms with Crippen LogP contribution in [0.2, 0.25) is 0 Å². The van der Waals surface area contributed by atoms with E-state index in [2.05, 4.69) is 15.4 Å². The summed E-state index contributed by atoms with van der Waals surface area (Å²) in [5, 5.41) is 6.90. The summed E-state index contributed by atoms with van der Waals surface area (Å²) in [5.74, 6) is -0.477. The molecule has 8 heteroatoms. The van der Waals surface area contributed by atoms with Crippen molar-refractivity contribution in [2.45, 2.75) is 38.9 Å². The summed E-state index contributed by atoms with van der Waals surface area (Å²) in [7, 11) is 0. The van der Waals surface area contributed by atoms with Crippen LogP contribution in [0.3, 0.4) is 0 Å². The number of hydrogen-bond acceptors (Lipinski definition) is 5. The average Bonchev–Trinajstić information content (AvgIpc) is 3.20. The van der Waals surface area contributed by atoms with Crippen LogP contribution in [0.15, 0.2) is 36.9 Å². The molecule has 0 bridgehead atoms. The van der Waals surface area contributed by atoms with Crippen molar-refractivity contribution < 1.29 is 14.4 Å². The Bertz CT molecular complexity index is 754. The molecule has 3 rings (SSSR count). The van der Waals surface area contributed by atoms with Gasteiger partial charge in [0.1, 0.15) is 12.7 Å². The van der Waals surface area contributed by atoms with Gasteiger partial charge >= 0.3 is 0 Å². The second kappa shape index (κ2) is 7.25. The van der Waals surface area contributed by atoms with Crippen LogP contribution in [0, 0.1) is 0 Å². The van der Waals surface area contributed by atoms with E-state index in [0.717, 1.165) is 5.56 Å². The van der Waals surface area contributed by atoms with E-state index in [1.807, 2.05) is 6.92 Å². The molecule has 1 fully saturated rings. The highest BCUT2D eigenvalue weighted by molar-refractivity contribution is 6.01. The first-order valence-electron chi connectivity index (χ1n) is 8.08. The lowest BCUT2D eigenvalue weighted by Crippen LogP contribution is -2.35. The fourth-order valence-corrected chi connectivity index (χ4v) is 2.70. The maximum Gasteiger partial charge on any atom is 0.251 e. The minimum atomic E-state index is -0.188. The lowest BCUT2D eigenvalue weighted by atomic mass is 10.1. The molecule has 0 spiro atoms. The van der Waals surface area contributed by atoms with Gasteiger partial charge in [-0.3, -0.25) is 24.0 Å². The Morgan fingerprint density at radius 3 is 2.48 bits per heavy atom. The van der Waals surface area contributed by atoms with E-state index in [1.54, 1.807) is 35.3 Å². The van der Waals surface area contributed by atoms with Crippen molar-refractivity contribution in [3.05, 3.63) is 48.0 Å². The number of carbonyl (C=O) groups excluding carboxylic acids is 3. The molecule has 130 valence electrons. The van der Waals surface area contributed by atoms with Crippen molar-refractivity contribution in [2.24, 2.45) is 0 Å². The zero-order valence-electron chi connectivity index (χ0n) is 13.9. The fraction of sp³-hybridized carbons (Fsp3) is 0.353. The minimum absolute atomic E-state index is 0.103. The number of rotatable bonds is 6. The normalized spacial score (nSPS) is 15.5. The molecule has 1 N–H and O–H groups in total. The Kier molecular flexibility index (Phi) is 4.87. The molecule has 2 aromatic rings. The molecule has 0 aliphatic carbocycles. The van der Waals surface area contributed by atoms with E-state index in [1.165, 1.54) is 11.2 Å². The van der Waals surface area contributed by atoms with Gasteiger partial charge in [-0.25, -0.2) is 4.98 Å². The average molecular weight is 341 g/mol. The van der Waals surface area contributed by atoms with Gasteiger partial charge in [0, 0.05) is 24.4 Å². The van der Waals surface area contributed by atoms with Crippen LogP contribution in [0.5, 0.6) is 0 Å². The summed E-state index contributed by atoms with van der Waals surface area (Å²) in [6, 6.07) is 6.80. The van der Waals surface area contributed by atoms with Gasteiger partial charge in [-0.15, -0.1) is 0 Å². The molecule has 0 radical (unpaired) electrons. The first-order valence-corrected chi connectivity index (χ1v) is 8.08. The Morgan fingerprint density at radius 2 is 1.88 bits per heavy atom. The second-order valence-electron chi connectivity index (χ2n) is 6.06. The standard InChI is InChI=1S/C17H19N5O3/c1-12(8-21-11-18-10-19-21)20-17(25)14-4-2-13(3-5-14)9-22-15(23)6-7-16(22)24/h2-5,10-12H,6-9H2,1H3,(H,20,25). The van der Waals surface area contributed by atoms with Crippen molar-refractivity contribution in [1.29, 1.82) is 0 Å². The van der Waals surface area contributed by atoms with E-state index >= 15 is 0 Å². The van der Waals surface area contributed by atoms with Gasteiger partial charge in [-0.1, -0.05) is 12.1 Å². The zero-order chi connectivity index (χ0) is 17.8. The quantitative estimate of drug-likeness (QED) is 0.782. The lowest BCUT2D eigenvalue weighted by molar-refractivity contribution is -0.139. The highest BCUT2D eigenvalue weighted by atomic mass is 16.2. The third-order valence-electron chi connectivity index (χ3n) is 4.02. The Hall–Kier alpha value is -3.03. The number of nitrogens with zero attached hydrogens (tertiary/aromatic N) is 4. The Balaban J connectivity index is 1.57. The van der Waals surface area contributed by atoms with E-state index in [4.69, 9.17) is 0 Å². The maximum atomic E-state index is 12.3. The van der Waals surface area contributed by atoms with Gasteiger partial charge in [0.05, 0.1) is 13.1 Å². The maximum absolute atomic E-state index is 12.3. The second-order valence-corrected chi connectivity index (χ2v) is 6.06. The van der Waals surface area contributed by atoms with Crippen LogP contribution in [0.4, 0.5) is 0 Å². The molecule has 1 aromatic heterocycles. The zero-order valence-corrected chi connectivity index (χ0v) is 13.9. The number of benzene rings is 1. The van der Waals surface area contributed by atoms with Crippen LogP contribution in [-0.2, 0) is 22.7 Å². The minimum Gasteiger partial charge on any atom is -0.348 e. The van der Waals surface area contributed by atoms with Gasteiger partial charge in [-0.2, -0.15) is 5.10 Å². The van der Waals surface area contributed by atoms with Gasteiger partial charge in [0.2, 0.25) is 11.8 Å². The summed E-state index contributed by atoms with van der Waals surface area (Å²) < 4.78 is 1.65. The van der Waals surface area contributed by atoms with Crippen LogP contribution in [-0.4, -0.2) is 43.4 Å². The smallest absolute Gasteiger partial charge is 0.251 e. The lowest BCUT2D eigenvalue weighted by Gasteiger charge is -2.15. The Labute approximate surface area is 144 Å². The van der Waals surface area contributed by atoms with Gasteiger partial charge in [-0.05, 0) is 24.6 Å². The van der Waals surface area contributed by atoms with E-state index in [9.17, 15) is 14.4 Å². The summed E-state index contributed by atoms with van der Waals surface area (Å²) in [6.07, 6.45) is 3.60. The largest absolute Gasteiger partial charge is 0.348 e. The highest BCUT2D eigenvalue weighted by Crippen LogP contribution is 2.16.